The van der Waals surface area contributed by atoms with Crippen LogP contribution in [-0.4, -0.2) is 35.9 Å². The largest absolute Gasteiger partial charge is 0.457 e. The van der Waals surface area contributed by atoms with Crippen molar-refractivity contribution < 1.29 is 26.3 Å². The third kappa shape index (κ3) is 8.40. The lowest BCUT2D eigenvalue weighted by Crippen LogP contribution is -2.03. The molecule has 0 N–H and O–H groups in total. The maximum absolute atomic E-state index is 13.9. The number of hydrogen-bond acceptors (Lipinski definition) is 8. The van der Waals surface area contributed by atoms with E-state index in [2.05, 4.69) is 27.3 Å². The Kier molecular flexibility index (Phi) is 11.2. The molecule has 0 saturated heterocycles. The van der Waals surface area contributed by atoms with Gasteiger partial charge in [0.1, 0.15) is 34.6 Å². The van der Waals surface area contributed by atoms with E-state index < -0.39 is 19.7 Å². The summed E-state index contributed by atoms with van der Waals surface area (Å²) in [5.41, 5.74) is 9.29. The SMILES string of the molecule is Cc1ccc(S(=O)(=O)c2ccc(Oc3ccc(-c4ccc(Oc5ccc(S(=O)(=O)c6ccc(-n7c(-c8ccc(-c9nc%10ccccc%10n9C)cc8)nc8ccccc87)cc6)cc5)cc4)cc3)cc2)cc1. The maximum atomic E-state index is 13.9. The molecule has 70 heavy (non-hydrogen) atoms. The molecule has 0 fully saturated rings. The van der Waals surface area contributed by atoms with Gasteiger partial charge in [-0.3, -0.25) is 4.57 Å². The monoisotopic (exact) mass is 954 g/mol. The Bertz CT molecular complexity index is 3930. The summed E-state index contributed by atoms with van der Waals surface area (Å²) in [6.07, 6.45) is 0. The average molecular weight is 955 g/mol. The van der Waals surface area contributed by atoms with Crippen LogP contribution in [0.3, 0.4) is 0 Å². The summed E-state index contributed by atoms with van der Waals surface area (Å²) in [5.74, 6) is 3.80. The van der Waals surface area contributed by atoms with Crippen molar-refractivity contribution in [2.45, 2.75) is 26.5 Å². The van der Waals surface area contributed by atoms with E-state index in [4.69, 9.17) is 19.4 Å². The number of imidazole rings is 2. The summed E-state index contributed by atoms with van der Waals surface area (Å²) >= 11 is 0. The number of nitrogens with zero attached hydrogens (tertiary/aromatic N) is 4. The Balaban J connectivity index is 0.745. The Morgan fingerprint density at radius 1 is 0.371 bits per heavy atom. The van der Waals surface area contributed by atoms with Crippen molar-refractivity contribution in [3.8, 4) is 62.6 Å². The highest BCUT2D eigenvalue weighted by molar-refractivity contribution is 7.91. The maximum Gasteiger partial charge on any atom is 0.206 e. The van der Waals surface area contributed by atoms with Gasteiger partial charge in [-0.1, -0.05) is 90.5 Å². The summed E-state index contributed by atoms with van der Waals surface area (Å²) in [6, 6.07) is 65.8. The molecular weight excluding hydrogens is 913 g/mol. The molecule has 0 unspecified atom stereocenters. The van der Waals surface area contributed by atoms with E-state index in [-0.39, 0.29) is 19.6 Å². The topological polar surface area (TPSA) is 122 Å². The first-order chi connectivity index (χ1) is 34.0. The van der Waals surface area contributed by atoms with Crippen molar-refractivity contribution in [2.75, 3.05) is 0 Å². The standard InChI is InChI=1S/C58H42N4O6S2/c1-39-11-31-49(32-12-39)69(63,64)51-35-27-47(28-36-51)67-45-23-17-40(18-24-45)41-19-25-46(26-20-41)68-48-29-37-52(38-30-48)70(65,66)50-33-21-44(22-34-50)62-56-10-6-4-8-54(56)60-58(62)43-15-13-42(14-16-43)57-59-53-7-3-5-9-55(53)61(57)2/h3-38H,1-2H3. The van der Waals surface area contributed by atoms with E-state index in [1.165, 1.54) is 0 Å². The summed E-state index contributed by atoms with van der Waals surface area (Å²) in [5, 5.41) is 0. The third-order valence-corrected chi connectivity index (χ3v) is 15.8. The zero-order chi connectivity index (χ0) is 48.0. The van der Waals surface area contributed by atoms with E-state index in [9.17, 15) is 16.8 Å². The molecule has 0 radical (unpaired) electrons. The van der Waals surface area contributed by atoms with Gasteiger partial charge in [-0.25, -0.2) is 26.8 Å². The van der Waals surface area contributed by atoms with E-state index in [1.807, 2.05) is 129 Å². The molecule has 11 rings (SSSR count). The van der Waals surface area contributed by atoms with Crippen LogP contribution in [0.4, 0.5) is 0 Å². The zero-order valence-electron chi connectivity index (χ0n) is 37.8. The van der Waals surface area contributed by atoms with Crippen molar-refractivity contribution in [2.24, 2.45) is 7.05 Å². The van der Waals surface area contributed by atoms with Gasteiger partial charge < -0.3 is 14.0 Å². The van der Waals surface area contributed by atoms with Gasteiger partial charge >= 0.3 is 0 Å². The highest BCUT2D eigenvalue weighted by Gasteiger charge is 2.21. The number of fused-ring (bicyclic) bond motifs is 2. The minimum atomic E-state index is -3.86. The van der Waals surface area contributed by atoms with Crippen molar-refractivity contribution >= 4 is 41.7 Å². The first-order valence-electron chi connectivity index (χ1n) is 22.4. The number of aromatic nitrogens is 4. The second-order valence-electron chi connectivity index (χ2n) is 16.8. The van der Waals surface area contributed by atoms with Crippen molar-refractivity contribution in [1.82, 2.24) is 19.1 Å². The molecule has 0 aliphatic rings. The second-order valence-corrected chi connectivity index (χ2v) is 20.7. The number of para-hydroxylation sites is 4. The van der Waals surface area contributed by atoms with Crippen LogP contribution >= 0.6 is 0 Å². The fourth-order valence-electron chi connectivity index (χ4n) is 8.49. The van der Waals surface area contributed by atoms with Crippen molar-refractivity contribution in [1.29, 1.82) is 0 Å². The van der Waals surface area contributed by atoms with E-state index in [0.29, 0.717) is 23.0 Å². The number of benzene rings is 9. The predicted molar refractivity (Wildman–Crippen MR) is 273 cm³/mol. The smallest absolute Gasteiger partial charge is 0.206 e. The Morgan fingerprint density at radius 2 is 0.714 bits per heavy atom. The quantitative estimate of drug-likeness (QED) is 0.119. The molecular formula is C58H42N4O6S2. The Hall–Kier alpha value is -8.58. The zero-order valence-corrected chi connectivity index (χ0v) is 39.5. The molecule has 342 valence electrons. The molecule has 9 aromatic carbocycles. The molecule has 0 bridgehead atoms. The molecule has 2 aromatic heterocycles. The summed E-state index contributed by atoms with van der Waals surface area (Å²) in [6.45, 7) is 1.91. The van der Waals surface area contributed by atoms with Crippen LogP contribution in [0.5, 0.6) is 23.0 Å². The van der Waals surface area contributed by atoms with Gasteiger partial charge in [-0.2, -0.15) is 0 Å². The normalized spacial score (nSPS) is 11.8. The lowest BCUT2D eigenvalue weighted by Gasteiger charge is -2.12. The minimum Gasteiger partial charge on any atom is -0.457 e. The van der Waals surface area contributed by atoms with Crippen LogP contribution < -0.4 is 9.47 Å². The van der Waals surface area contributed by atoms with E-state index in [0.717, 1.165) is 67.2 Å². The van der Waals surface area contributed by atoms with Crippen LogP contribution in [0.25, 0.3) is 61.7 Å². The summed E-state index contributed by atoms with van der Waals surface area (Å²) in [7, 11) is -5.48. The molecule has 11 aromatic rings. The van der Waals surface area contributed by atoms with Gasteiger partial charge in [0.2, 0.25) is 19.7 Å². The molecule has 0 atom stereocenters. The van der Waals surface area contributed by atoms with Crippen LogP contribution in [0.15, 0.2) is 238 Å². The molecule has 12 heteroatoms. The fourth-order valence-corrected chi connectivity index (χ4v) is 11.0. The van der Waals surface area contributed by atoms with Gasteiger partial charge in [0, 0.05) is 23.9 Å². The highest BCUT2D eigenvalue weighted by atomic mass is 32.2. The first-order valence-corrected chi connectivity index (χ1v) is 25.4. The highest BCUT2D eigenvalue weighted by Crippen LogP contribution is 2.34. The first kappa shape index (κ1) is 44.0. The number of ether oxygens (including phenoxy) is 2. The molecule has 0 aliphatic heterocycles. The number of hydrogen-bond donors (Lipinski definition) is 0. The molecule has 0 saturated carbocycles. The minimum absolute atomic E-state index is 0.146. The van der Waals surface area contributed by atoms with Crippen LogP contribution in [-0.2, 0) is 26.7 Å². The van der Waals surface area contributed by atoms with Gasteiger partial charge in [-0.05, 0) is 152 Å². The number of rotatable bonds is 12. The van der Waals surface area contributed by atoms with Gasteiger partial charge in [0.05, 0.1) is 41.6 Å². The lowest BCUT2D eigenvalue weighted by atomic mass is 10.1. The van der Waals surface area contributed by atoms with E-state index in [1.54, 1.807) is 84.9 Å². The Morgan fingerprint density at radius 3 is 1.17 bits per heavy atom. The summed E-state index contributed by atoms with van der Waals surface area (Å²) in [4.78, 5) is 10.6. The van der Waals surface area contributed by atoms with Crippen LogP contribution in [0, 0.1) is 6.92 Å². The molecule has 0 aliphatic carbocycles. The molecule has 2 heterocycles. The van der Waals surface area contributed by atoms with Crippen LogP contribution in [0.1, 0.15) is 5.56 Å². The number of sulfone groups is 2. The van der Waals surface area contributed by atoms with Gasteiger partial charge in [0.15, 0.2) is 0 Å². The number of aryl methyl sites for hydroxylation is 2. The second kappa shape index (κ2) is 17.8. The molecule has 0 spiro atoms. The van der Waals surface area contributed by atoms with Crippen molar-refractivity contribution in [3.63, 3.8) is 0 Å². The third-order valence-electron chi connectivity index (χ3n) is 12.3. The predicted octanol–water partition coefficient (Wildman–Crippen LogP) is 13.5. The van der Waals surface area contributed by atoms with E-state index >= 15 is 0 Å². The Labute approximate surface area is 405 Å². The fraction of sp³-hybridized carbons (Fsp3) is 0.0345. The molecule has 0 amide bonds. The average Bonchev–Trinajstić information content (AvgIpc) is 3.95. The van der Waals surface area contributed by atoms with Gasteiger partial charge in [-0.15, -0.1) is 0 Å². The lowest BCUT2D eigenvalue weighted by molar-refractivity contribution is 0.481. The van der Waals surface area contributed by atoms with Crippen molar-refractivity contribution in [3.05, 3.63) is 224 Å². The summed E-state index contributed by atoms with van der Waals surface area (Å²) < 4.78 is 70.2. The van der Waals surface area contributed by atoms with Gasteiger partial charge in [0.25, 0.3) is 0 Å². The molecule has 10 nitrogen and oxygen atoms in total. The van der Waals surface area contributed by atoms with Crippen LogP contribution in [0.2, 0.25) is 0 Å².